The fraction of sp³-hybridized carbons (Fsp3) is 0.222. The summed E-state index contributed by atoms with van der Waals surface area (Å²) in [5.74, 6) is 0.989. The third-order valence-corrected chi connectivity index (χ3v) is 6.42. The Balaban J connectivity index is 1.42. The van der Waals surface area contributed by atoms with Crippen LogP contribution in [0.1, 0.15) is 12.8 Å². The Bertz CT molecular complexity index is 1630. The van der Waals surface area contributed by atoms with Gasteiger partial charge in [0, 0.05) is 25.7 Å². The molecule has 0 radical (unpaired) electrons. The SMILES string of the molecule is CN(CCn1c(=O)n(-c2ccc(Oc3ccccc3)cc2)c2c(N)ncnc21)C(=O)/C(C#N)=C\C1(N)CC1. The van der Waals surface area contributed by atoms with Crippen molar-refractivity contribution >= 4 is 22.9 Å². The number of hydrogen-bond donors (Lipinski definition) is 2. The lowest BCUT2D eigenvalue weighted by Crippen LogP contribution is -2.34. The molecule has 0 atom stereocenters. The predicted molar refractivity (Wildman–Crippen MR) is 142 cm³/mol. The van der Waals surface area contributed by atoms with Crippen molar-refractivity contribution in [2.24, 2.45) is 5.73 Å². The molecule has 5 rings (SSSR count). The van der Waals surface area contributed by atoms with Crippen LogP contribution in [0.4, 0.5) is 5.82 Å². The Labute approximate surface area is 218 Å². The van der Waals surface area contributed by atoms with Gasteiger partial charge in [-0.1, -0.05) is 18.2 Å². The Kier molecular flexibility index (Phi) is 6.40. The largest absolute Gasteiger partial charge is 0.457 e. The maximum Gasteiger partial charge on any atom is 0.335 e. The lowest BCUT2D eigenvalue weighted by molar-refractivity contribution is -0.125. The van der Waals surface area contributed by atoms with Crippen LogP contribution in [0.5, 0.6) is 11.5 Å². The van der Waals surface area contributed by atoms with Crippen LogP contribution in [0.25, 0.3) is 16.9 Å². The van der Waals surface area contributed by atoms with Gasteiger partial charge in [0.2, 0.25) is 0 Å². The number of benzene rings is 2. The zero-order chi connectivity index (χ0) is 26.9. The topological polar surface area (TPSA) is 158 Å². The lowest BCUT2D eigenvalue weighted by Gasteiger charge is -2.17. The van der Waals surface area contributed by atoms with E-state index in [4.69, 9.17) is 16.2 Å². The second kappa shape index (κ2) is 9.84. The number of para-hydroxylation sites is 1. The van der Waals surface area contributed by atoms with Gasteiger partial charge >= 0.3 is 5.69 Å². The molecule has 38 heavy (non-hydrogen) atoms. The molecule has 11 heteroatoms. The van der Waals surface area contributed by atoms with Crippen molar-refractivity contribution in [3.8, 4) is 23.3 Å². The number of hydrogen-bond acceptors (Lipinski definition) is 8. The van der Waals surface area contributed by atoms with Gasteiger partial charge in [0.25, 0.3) is 5.91 Å². The molecule has 0 saturated heterocycles. The highest BCUT2D eigenvalue weighted by molar-refractivity contribution is 5.97. The molecular formula is C27H26N8O3. The van der Waals surface area contributed by atoms with Gasteiger partial charge in [0.1, 0.15) is 35.0 Å². The molecule has 4 aromatic rings. The summed E-state index contributed by atoms with van der Waals surface area (Å²) in [5, 5.41) is 9.45. The van der Waals surface area contributed by atoms with Gasteiger partial charge in [-0.3, -0.25) is 13.9 Å². The van der Waals surface area contributed by atoms with Crippen molar-refractivity contribution in [3.63, 3.8) is 0 Å². The molecule has 1 aliphatic rings. The fourth-order valence-corrected chi connectivity index (χ4v) is 4.11. The predicted octanol–water partition coefficient (Wildman–Crippen LogP) is 2.36. The van der Waals surface area contributed by atoms with Crippen LogP contribution in [0.15, 0.2) is 77.4 Å². The van der Waals surface area contributed by atoms with Crippen LogP contribution < -0.4 is 21.9 Å². The monoisotopic (exact) mass is 510 g/mol. The van der Waals surface area contributed by atoms with Gasteiger partial charge in [-0.25, -0.2) is 14.8 Å². The number of nitrogens with zero attached hydrogens (tertiary/aromatic N) is 6. The molecule has 1 aliphatic carbocycles. The number of amides is 1. The smallest absolute Gasteiger partial charge is 0.335 e. The number of nitrogens with two attached hydrogens (primary N) is 2. The summed E-state index contributed by atoms with van der Waals surface area (Å²) in [7, 11) is 1.57. The molecule has 1 saturated carbocycles. The number of nitrogen functional groups attached to an aromatic ring is 1. The van der Waals surface area contributed by atoms with Crippen LogP contribution in [0.2, 0.25) is 0 Å². The summed E-state index contributed by atoms with van der Waals surface area (Å²) in [5.41, 5.74) is 12.5. The number of fused-ring (bicyclic) bond motifs is 1. The Hall–Kier alpha value is -4.95. The van der Waals surface area contributed by atoms with Crippen molar-refractivity contribution in [2.75, 3.05) is 19.3 Å². The highest BCUT2D eigenvalue weighted by atomic mass is 16.5. The van der Waals surface area contributed by atoms with Crippen LogP contribution >= 0.6 is 0 Å². The van der Waals surface area contributed by atoms with Gasteiger partial charge in [-0.05, 0) is 55.3 Å². The van der Waals surface area contributed by atoms with E-state index in [0.717, 1.165) is 12.8 Å². The van der Waals surface area contributed by atoms with Gasteiger partial charge in [-0.15, -0.1) is 0 Å². The summed E-state index contributed by atoms with van der Waals surface area (Å²) in [6.45, 7) is 0.283. The zero-order valence-corrected chi connectivity index (χ0v) is 20.7. The number of imidazole rings is 1. The number of rotatable bonds is 8. The Morgan fingerprint density at radius 1 is 1.16 bits per heavy atom. The quantitative estimate of drug-likeness (QED) is 0.270. The first-order valence-electron chi connectivity index (χ1n) is 12.0. The summed E-state index contributed by atoms with van der Waals surface area (Å²) in [6, 6.07) is 18.3. The molecule has 2 aromatic carbocycles. The number of aromatic nitrogens is 4. The van der Waals surface area contributed by atoms with Crippen LogP contribution in [-0.2, 0) is 11.3 Å². The molecule has 11 nitrogen and oxygen atoms in total. The molecule has 2 aromatic heterocycles. The molecular weight excluding hydrogens is 484 g/mol. The highest BCUT2D eigenvalue weighted by Gasteiger charge is 2.37. The summed E-state index contributed by atoms with van der Waals surface area (Å²) in [6.07, 6.45) is 4.30. The van der Waals surface area contributed by atoms with Gasteiger partial charge in [-0.2, -0.15) is 5.26 Å². The fourth-order valence-electron chi connectivity index (χ4n) is 4.11. The minimum Gasteiger partial charge on any atom is -0.457 e. The van der Waals surface area contributed by atoms with E-state index in [2.05, 4.69) is 9.97 Å². The standard InChI is InChI=1S/C27H26N8O3/c1-33(25(36)18(16-28)15-27(30)11-12-27)13-14-34-24-22(23(29)31-17-32-24)35(26(34)37)19-7-9-21(10-8-19)38-20-5-3-2-4-6-20/h2-10,15,17H,11-14,30H2,1H3,(H2,29,31,32)/b18-15-. The number of carbonyl (C=O) groups is 1. The minimum atomic E-state index is -0.581. The van der Waals surface area contributed by atoms with Crippen molar-refractivity contribution in [1.82, 2.24) is 24.0 Å². The summed E-state index contributed by atoms with van der Waals surface area (Å²) in [4.78, 5) is 36.1. The van der Waals surface area contributed by atoms with Crippen molar-refractivity contribution < 1.29 is 9.53 Å². The first-order chi connectivity index (χ1) is 18.3. The van der Waals surface area contributed by atoms with E-state index < -0.39 is 11.4 Å². The van der Waals surface area contributed by atoms with E-state index in [1.54, 1.807) is 31.3 Å². The highest BCUT2D eigenvalue weighted by Crippen LogP contribution is 2.34. The van der Waals surface area contributed by atoms with E-state index in [9.17, 15) is 14.9 Å². The number of carbonyl (C=O) groups excluding carboxylic acids is 1. The number of ether oxygens (including phenoxy) is 1. The molecule has 0 bridgehead atoms. The van der Waals surface area contributed by atoms with Gasteiger partial charge in [0.05, 0.1) is 5.69 Å². The molecule has 0 unspecified atom stereocenters. The number of likely N-dealkylation sites (N-methyl/N-ethyl adjacent to an activating group) is 1. The van der Waals surface area contributed by atoms with Gasteiger partial charge < -0.3 is 21.1 Å². The molecule has 0 aliphatic heterocycles. The molecule has 192 valence electrons. The summed E-state index contributed by atoms with van der Waals surface area (Å²) < 4.78 is 8.72. The first kappa shape index (κ1) is 24.7. The second-order valence-electron chi connectivity index (χ2n) is 9.24. The minimum absolute atomic E-state index is 0.00773. The van der Waals surface area contributed by atoms with Crippen molar-refractivity contribution in [3.05, 3.63) is 83.1 Å². The van der Waals surface area contributed by atoms with E-state index in [-0.39, 0.29) is 30.2 Å². The van der Waals surface area contributed by atoms with E-state index >= 15 is 0 Å². The number of nitriles is 1. The molecule has 1 fully saturated rings. The second-order valence-corrected chi connectivity index (χ2v) is 9.24. The average Bonchev–Trinajstić information content (AvgIpc) is 3.58. The average molecular weight is 511 g/mol. The van der Waals surface area contributed by atoms with E-state index in [1.807, 2.05) is 36.4 Å². The molecule has 4 N–H and O–H groups in total. The zero-order valence-electron chi connectivity index (χ0n) is 20.7. The van der Waals surface area contributed by atoms with Crippen LogP contribution in [0.3, 0.4) is 0 Å². The van der Waals surface area contributed by atoms with Crippen molar-refractivity contribution in [2.45, 2.75) is 24.9 Å². The normalized spacial score (nSPS) is 14.2. The van der Waals surface area contributed by atoms with Gasteiger partial charge in [0.15, 0.2) is 11.5 Å². The first-order valence-corrected chi connectivity index (χ1v) is 12.0. The molecule has 1 amide bonds. The maximum atomic E-state index is 13.6. The maximum absolute atomic E-state index is 13.6. The van der Waals surface area contributed by atoms with Crippen LogP contribution in [0, 0.1) is 11.3 Å². The Morgan fingerprint density at radius 3 is 2.50 bits per heavy atom. The third kappa shape index (κ3) is 4.85. The number of anilines is 1. The van der Waals surface area contributed by atoms with Crippen LogP contribution in [-0.4, -0.2) is 49.0 Å². The third-order valence-electron chi connectivity index (χ3n) is 6.42. The summed E-state index contributed by atoms with van der Waals surface area (Å²) >= 11 is 0. The molecule has 2 heterocycles. The van der Waals surface area contributed by atoms with E-state index in [1.165, 1.54) is 26.4 Å². The molecule has 0 spiro atoms. The van der Waals surface area contributed by atoms with Crippen molar-refractivity contribution in [1.29, 1.82) is 5.26 Å². The van der Waals surface area contributed by atoms with E-state index in [0.29, 0.717) is 28.4 Å². The lowest BCUT2D eigenvalue weighted by atomic mass is 10.1. The Morgan fingerprint density at radius 2 is 1.84 bits per heavy atom.